The third kappa shape index (κ3) is 1.16. The Kier molecular flexibility index (Phi) is 1.93. The summed E-state index contributed by atoms with van der Waals surface area (Å²) >= 11 is 1.80. The van der Waals surface area contributed by atoms with E-state index in [1.807, 2.05) is 0 Å². The minimum Gasteiger partial charge on any atom is -0.257 e. The summed E-state index contributed by atoms with van der Waals surface area (Å²) < 4.78 is 0. The second-order valence-electron chi connectivity index (χ2n) is 2.98. The van der Waals surface area contributed by atoms with E-state index in [9.17, 15) is 0 Å². The van der Waals surface area contributed by atoms with Crippen molar-refractivity contribution in [2.75, 3.05) is 6.26 Å². The van der Waals surface area contributed by atoms with Crippen molar-refractivity contribution in [3.63, 3.8) is 0 Å². The van der Waals surface area contributed by atoms with Crippen molar-refractivity contribution in [1.82, 2.24) is 0 Å². The first-order chi connectivity index (χ1) is 5.81. The summed E-state index contributed by atoms with van der Waals surface area (Å²) in [4.78, 5) is 5.83. The van der Waals surface area contributed by atoms with E-state index in [-0.39, 0.29) is 0 Å². The predicted octanol–water partition coefficient (Wildman–Crippen LogP) is 3.06. The number of thioether (sulfide) groups is 1. The van der Waals surface area contributed by atoms with Crippen LogP contribution in [0.4, 0.5) is 5.69 Å². The van der Waals surface area contributed by atoms with E-state index in [1.54, 1.807) is 11.8 Å². The smallest absolute Gasteiger partial charge is 0.0676 e. The van der Waals surface area contributed by atoms with E-state index in [0.717, 1.165) is 6.42 Å². The molecule has 0 fully saturated rings. The molecule has 0 saturated heterocycles. The highest BCUT2D eigenvalue weighted by atomic mass is 32.2. The van der Waals surface area contributed by atoms with Crippen LogP contribution < -0.4 is 0 Å². The van der Waals surface area contributed by atoms with E-state index in [2.05, 4.69) is 36.4 Å². The molecule has 1 aromatic rings. The molecule has 0 atom stereocenters. The van der Waals surface area contributed by atoms with Gasteiger partial charge in [0.2, 0.25) is 0 Å². The Bertz CT molecular complexity index is 342. The van der Waals surface area contributed by atoms with E-state index in [1.165, 1.54) is 21.9 Å². The standard InChI is InChI=1S/C10H11NS/c1-7-6-8-9(11-7)4-3-5-10(8)12-2/h3-5H,6H2,1-2H3. The number of nitrogens with zero attached hydrogens (tertiary/aromatic N) is 1. The maximum Gasteiger partial charge on any atom is 0.0676 e. The molecule has 2 heteroatoms. The largest absolute Gasteiger partial charge is 0.257 e. The van der Waals surface area contributed by atoms with Crippen LogP contribution in [0, 0.1) is 0 Å². The Labute approximate surface area is 76.9 Å². The number of hydrogen-bond donors (Lipinski definition) is 0. The van der Waals surface area contributed by atoms with Crippen molar-refractivity contribution < 1.29 is 0 Å². The van der Waals surface area contributed by atoms with Crippen LogP contribution in [0.1, 0.15) is 12.5 Å². The third-order valence-corrected chi connectivity index (χ3v) is 2.89. The molecular formula is C10H11NS. The Morgan fingerprint density at radius 1 is 1.42 bits per heavy atom. The van der Waals surface area contributed by atoms with Gasteiger partial charge in [0, 0.05) is 17.0 Å². The van der Waals surface area contributed by atoms with Crippen LogP contribution in [0.2, 0.25) is 0 Å². The van der Waals surface area contributed by atoms with Crippen LogP contribution in [0.25, 0.3) is 0 Å². The minimum atomic E-state index is 1.03. The number of fused-ring (bicyclic) bond motifs is 1. The molecule has 1 aliphatic heterocycles. The highest BCUT2D eigenvalue weighted by Crippen LogP contribution is 2.33. The monoisotopic (exact) mass is 177 g/mol. The van der Waals surface area contributed by atoms with Crippen LogP contribution in [0.3, 0.4) is 0 Å². The Hall–Kier alpha value is -0.760. The highest BCUT2D eigenvalue weighted by Gasteiger charge is 2.13. The van der Waals surface area contributed by atoms with Crippen molar-refractivity contribution in [3.8, 4) is 0 Å². The molecule has 0 radical (unpaired) electrons. The summed E-state index contributed by atoms with van der Waals surface area (Å²) in [5.41, 5.74) is 3.80. The average molecular weight is 177 g/mol. The van der Waals surface area contributed by atoms with Crippen LogP contribution >= 0.6 is 11.8 Å². The van der Waals surface area contributed by atoms with Gasteiger partial charge in [0.25, 0.3) is 0 Å². The van der Waals surface area contributed by atoms with Crippen LogP contribution in [-0.2, 0) is 6.42 Å². The fourth-order valence-electron chi connectivity index (χ4n) is 1.53. The molecule has 12 heavy (non-hydrogen) atoms. The summed E-state index contributed by atoms with van der Waals surface area (Å²) in [5.74, 6) is 0. The highest BCUT2D eigenvalue weighted by molar-refractivity contribution is 7.98. The van der Waals surface area contributed by atoms with E-state index in [0.29, 0.717) is 0 Å². The van der Waals surface area contributed by atoms with Crippen molar-refractivity contribution in [1.29, 1.82) is 0 Å². The van der Waals surface area contributed by atoms with Gasteiger partial charge >= 0.3 is 0 Å². The fraction of sp³-hybridized carbons (Fsp3) is 0.300. The Morgan fingerprint density at radius 3 is 3.00 bits per heavy atom. The molecular weight excluding hydrogens is 166 g/mol. The van der Waals surface area contributed by atoms with Crippen LogP contribution in [0.5, 0.6) is 0 Å². The normalized spacial score (nSPS) is 14.3. The average Bonchev–Trinajstić information content (AvgIpc) is 2.44. The van der Waals surface area contributed by atoms with Crippen molar-refractivity contribution >= 4 is 23.2 Å². The van der Waals surface area contributed by atoms with Gasteiger partial charge < -0.3 is 0 Å². The molecule has 0 spiro atoms. The molecule has 0 aromatic heterocycles. The first-order valence-corrected chi connectivity index (χ1v) is 5.24. The Balaban J connectivity index is 2.51. The summed E-state index contributed by atoms with van der Waals surface area (Å²) in [6.07, 6.45) is 3.15. The van der Waals surface area contributed by atoms with Gasteiger partial charge in [0.15, 0.2) is 0 Å². The summed E-state index contributed by atoms with van der Waals surface area (Å²) in [6, 6.07) is 6.33. The van der Waals surface area contributed by atoms with Gasteiger partial charge in [-0.05, 0) is 30.9 Å². The van der Waals surface area contributed by atoms with Gasteiger partial charge in [-0.2, -0.15) is 0 Å². The molecule has 0 saturated carbocycles. The molecule has 1 nitrogen and oxygen atoms in total. The maximum absolute atomic E-state index is 4.46. The van der Waals surface area contributed by atoms with Crippen LogP contribution in [-0.4, -0.2) is 12.0 Å². The summed E-state index contributed by atoms with van der Waals surface area (Å²) in [6.45, 7) is 2.09. The van der Waals surface area contributed by atoms with Gasteiger partial charge in [-0.15, -0.1) is 11.8 Å². The SMILES string of the molecule is CSc1cccc2c1CC(C)=N2. The molecule has 62 valence electrons. The van der Waals surface area contributed by atoms with E-state index in [4.69, 9.17) is 0 Å². The fourth-order valence-corrected chi connectivity index (χ4v) is 2.17. The number of rotatable bonds is 1. The minimum absolute atomic E-state index is 1.03. The summed E-state index contributed by atoms with van der Waals surface area (Å²) in [5, 5.41) is 0. The van der Waals surface area contributed by atoms with E-state index < -0.39 is 0 Å². The van der Waals surface area contributed by atoms with Gasteiger partial charge in [-0.1, -0.05) is 6.07 Å². The van der Waals surface area contributed by atoms with Gasteiger partial charge in [-0.3, -0.25) is 4.99 Å². The molecule has 0 amide bonds. The second kappa shape index (κ2) is 2.94. The third-order valence-electron chi connectivity index (χ3n) is 2.07. The molecule has 0 bridgehead atoms. The van der Waals surface area contributed by atoms with E-state index >= 15 is 0 Å². The zero-order valence-corrected chi connectivity index (χ0v) is 8.11. The zero-order chi connectivity index (χ0) is 8.55. The number of benzene rings is 1. The molecule has 1 aliphatic rings. The molecule has 0 aliphatic carbocycles. The van der Waals surface area contributed by atoms with Gasteiger partial charge in [0.05, 0.1) is 5.69 Å². The van der Waals surface area contributed by atoms with Crippen LogP contribution in [0.15, 0.2) is 28.1 Å². The van der Waals surface area contributed by atoms with Crippen molar-refractivity contribution in [3.05, 3.63) is 23.8 Å². The second-order valence-corrected chi connectivity index (χ2v) is 3.83. The lowest BCUT2D eigenvalue weighted by atomic mass is 10.1. The lowest BCUT2D eigenvalue weighted by Gasteiger charge is -2.02. The zero-order valence-electron chi connectivity index (χ0n) is 7.29. The topological polar surface area (TPSA) is 12.4 Å². The summed E-state index contributed by atoms with van der Waals surface area (Å²) in [7, 11) is 0. The molecule has 0 unspecified atom stereocenters. The Morgan fingerprint density at radius 2 is 2.25 bits per heavy atom. The van der Waals surface area contributed by atoms with Crippen molar-refractivity contribution in [2.24, 2.45) is 4.99 Å². The molecule has 1 aromatic carbocycles. The quantitative estimate of drug-likeness (QED) is 0.600. The van der Waals surface area contributed by atoms with Gasteiger partial charge in [-0.25, -0.2) is 0 Å². The first kappa shape index (κ1) is 7.87. The lowest BCUT2D eigenvalue weighted by Crippen LogP contribution is -1.90. The van der Waals surface area contributed by atoms with Gasteiger partial charge in [0.1, 0.15) is 0 Å². The number of hydrogen-bond acceptors (Lipinski definition) is 2. The lowest BCUT2D eigenvalue weighted by molar-refractivity contribution is 1.26. The molecule has 0 N–H and O–H groups in total. The molecule has 1 heterocycles. The molecule has 2 rings (SSSR count). The predicted molar refractivity (Wildman–Crippen MR) is 54.7 cm³/mol. The first-order valence-electron chi connectivity index (χ1n) is 4.01. The number of aliphatic imine (C=N–C) groups is 1. The van der Waals surface area contributed by atoms with Crippen molar-refractivity contribution in [2.45, 2.75) is 18.2 Å². The maximum atomic E-state index is 4.46.